The van der Waals surface area contributed by atoms with E-state index in [2.05, 4.69) is 5.32 Å². The third-order valence-electron chi connectivity index (χ3n) is 3.16. The highest BCUT2D eigenvalue weighted by Crippen LogP contribution is 2.30. The van der Waals surface area contributed by atoms with Crippen LogP contribution in [0.5, 0.6) is 0 Å². The minimum absolute atomic E-state index is 0.0797. The molecule has 0 unspecified atom stereocenters. The van der Waals surface area contributed by atoms with Crippen molar-refractivity contribution in [2.45, 2.75) is 32.6 Å². The van der Waals surface area contributed by atoms with Crippen LogP contribution in [-0.2, 0) is 11.2 Å². The number of nitrogens with one attached hydrogen (secondary N) is 1. The van der Waals surface area contributed by atoms with Gasteiger partial charge >= 0.3 is 0 Å². The number of benzene rings is 1. The van der Waals surface area contributed by atoms with E-state index in [-0.39, 0.29) is 11.7 Å². The summed E-state index contributed by atoms with van der Waals surface area (Å²) in [5.74, 6) is -0.320. The Morgan fingerprint density at radius 1 is 1.44 bits per heavy atom. The fourth-order valence-corrected chi connectivity index (χ4v) is 2.28. The lowest BCUT2D eigenvalue weighted by Gasteiger charge is -2.18. The molecule has 0 aromatic heterocycles. The fourth-order valence-electron chi connectivity index (χ4n) is 2.28. The third kappa shape index (κ3) is 2.97. The number of fused-ring (bicyclic) bond motifs is 1. The van der Waals surface area contributed by atoms with Crippen LogP contribution in [0.15, 0.2) is 24.3 Å². The van der Waals surface area contributed by atoms with Gasteiger partial charge in [0.1, 0.15) is 5.82 Å². The third-order valence-corrected chi connectivity index (χ3v) is 3.16. The highest BCUT2D eigenvalue weighted by Gasteiger charge is 2.15. The highest BCUT2D eigenvalue weighted by molar-refractivity contribution is 5.95. The molecule has 0 radical (unpaired) electrons. The van der Waals surface area contributed by atoms with E-state index >= 15 is 0 Å². The summed E-state index contributed by atoms with van der Waals surface area (Å²) in [6.07, 6.45) is 5.36. The molecule has 0 aliphatic heterocycles. The van der Waals surface area contributed by atoms with Crippen LogP contribution in [0.3, 0.4) is 0 Å². The van der Waals surface area contributed by atoms with Gasteiger partial charge in [0, 0.05) is 12.6 Å². The van der Waals surface area contributed by atoms with Crippen molar-refractivity contribution in [2.75, 3.05) is 6.54 Å². The van der Waals surface area contributed by atoms with E-state index in [1.54, 1.807) is 6.08 Å². The van der Waals surface area contributed by atoms with Gasteiger partial charge in [0.2, 0.25) is 5.91 Å². The van der Waals surface area contributed by atoms with Crippen LogP contribution in [0, 0.1) is 5.82 Å². The molecule has 96 valence electrons. The van der Waals surface area contributed by atoms with Crippen LogP contribution >= 0.6 is 0 Å². The van der Waals surface area contributed by atoms with Crippen LogP contribution in [0.25, 0.3) is 5.57 Å². The van der Waals surface area contributed by atoms with E-state index in [0.717, 1.165) is 42.4 Å². The van der Waals surface area contributed by atoms with Crippen molar-refractivity contribution in [3.63, 3.8) is 0 Å². The van der Waals surface area contributed by atoms with Crippen molar-refractivity contribution in [2.24, 2.45) is 0 Å². The van der Waals surface area contributed by atoms with Crippen LogP contribution in [0.1, 0.15) is 37.3 Å². The molecule has 3 heteroatoms. The highest BCUT2D eigenvalue weighted by atomic mass is 19.1. The van der Waals surface area contributed by atoms with Gasteiger partial charge in [-0.25, -0.2) is 4.39 Å². The number of allylic oxidation sites excluding steroid dienone is 1. The summed E-state index contributed by atoms with van der Waals surface area (Å²) >= 11 is 0. The Morgan fingerprint density at radius 3 is 3.06 bits per heavy atom. The first-order valence-electron chi connectivity index (χ1n) is 6.48. The normalized spacial score (nSPS) is 16.4. The minimum Gasteiger partial charge on any atom is -0.353 e. The van der Waals surface area contributed by atoms with Gasteiger partial charge in [-0.2, -0.15) is 0 Å². The molecular formula is C15H18FNO. The average Bonchev–Trinajstić information content (AvgIpc) is 2.37. The Hall–Kier alpha value is -1.64. The maximum absolute atomic E-state index is 13.3. The molecular weight excluding hydrogens is 229 g/mol. The predicted molar refractivity (Wildman–Crippen MR) is 70.6 cm³/mol. The molecule has 0 heterocycles. The van der Waals surface area contributed by atoms with Crippen LogP contribution in [0.2, 0.25) is 0 Å². The largest absolute Gasteiger partial charge is 0.353 e. The molecule has 0 saturated heterocycles. The molecule has 0 saturated carbocycles. The molecule has 1 aliphatic rings. The SMILES string of the molecule is CCCNC(=O)C=C1CCCc2ccc(F)cc21. The molecule has 18 heavy (non-hydrogen) atoms. The average molecular weight is 247 g/mol. The maximum atomic E-state index is 13.3. The van der Waals surface area contributed by atoms with Gasteiger partial charge < -0.3 is 5.32 Å². The van der Waals surface area contributed by atoms with Crippen LogP contribution in [0.4, 0.5) is 4.39 Å². The molecule has 1 N–H and O–H groups in total. The van der Waals surface area contributed by atoms with E-state index in [4.69, 9.17) is 0 Å². The molecule has 1 amide bonds. The van der Waals surface area contributed by atoms with E-state index in [1.165, 1.54) is 12.1 Å². The Labute approximate surface area is 107 Å². The summed E-state index contributed by atoms with van der Waals surface area (Å²) in [5.41, 5.74) is 2.98. The lowest BCUT2D eigenvalue weighted by Crippen LogP contribution is -2.22. The van der Waals surface area contributed by atoms with E-state index in [9.17, 15) is 9.18 Å². The number of amides is 1. The van der Waals surface area contributed by atoms with Crippen LogP contribution in [-0.4, -0.2) is 12.5 Å². The molecule has 0 atom stereocenters. The first-order valence-corrected chi connectivity index (χ1v) is 6.48. The van der Waals surface area contributed by atoms with Crippen molar-refractivity contribution < 1.29 is 9.18 Å². The Bertz CT molecular complexity index is 479. The second-order valence-corrected chi connectivity index (χ2v) is 4.62. The van der Waals surface area contributed by atoms with E-state index in [1.807, 2.05) is 13.0 Å². The van der Waals surface area contributed by atoms with Gasteiger partial charge in [-0.15, -0.1) is 0 Å². The van der Waals surface area contributed by atoms with Crippen molar-refractivity contribution in [3.8, 4) is 0 Å². The van der Waals surface area contributed by atoms with Crippen molar-refractivity contribution in [3.05, 3.63) is 41.2 Å². The zero-order valence-corrected chi connectivity index (χ0v) is 10.6. The summed E-state index contributed by atoms with van der Waals surface area (Å²) in [5, 5.41) is 2.82. The summed E-state index contributed by atoms with van der Waals surface area (Å²) in [7, 11) is 0. The number of hydrogen-bond donors (Lipinski definition) is 1. The van der Waals surface area contributed by atoms with Gasteiger partial charge in [0.05, 0.1) is 0 Å². The molecule has 1 aromatic carbocycles. The molecule has 0 fully saturated rings. The van der Waals surface area contributed by atoms with Gasteiger partial charge in [0.15, 0.2) is 0 Å². The number of aryl methyl sites for hydroxylation is 1. The second kappa shape index (κ2) is 5.80. The smallest absolute Gasteiger partial charge is 0.244 e. The standard InChI is InChI=1S/C15H18FNO/c1-2-8-17-15(18)9-12-5-3-4-11-6-7-13(16)10-14(11)12/h6-7,9-10H,2-5,8H2,1H3,(H,17,18). The van der Waals surface area contributed by atoms with E-state index in [0.29, 0.717) is 6.54 Å². The molecule has 1 aliphatic carbocycles. The van der Waals surface area contributed by atoms with Gasteiger partial charge in [0.25, 0.3) is 0 Å². The number of carbonyl (C=O) groups is 1. The Kier molecular flexibility index (Phi) is 4.13. The summed E-state index contributed by atoms with van der Waals surface area (Å²) in [4.78, 5) is 11.7. The fraction of sp³-hybridized carbons (Fsp3) is 0.400. The number of hydrogen-bond acceptors (Lipinski definition) is 1. The summed E-state index contributed by atoms with van der Waals surface area (Å²) < 4.78 is 13.3. The van der Waals surface area contributed by atoms with Gasteiger partial charge in [-0.3, -0.25) is 4.79 Å². The molecule has 0 bridgehead atoms. The Balaban J connectivity index is 2.23. The Morgan fingerprint density at radius 2 is 2.28 bits per heavy atom. The van der Waals surface area contributed by atoms with E-state index < -0.39 is 0 Å². The van der Waals surface area contributed by atoms with Crippen molar-refractivity contribution in [1.29, 1.82) is 0 Å². The van der Waals surface area contributed by atoms with Gasteiger partial charge in [-0.05, 0) is 54.5 Å². The van der Waals surface area contributed by atoms with Crippen molar-refractivity contribution in [1.82, 2.24) is 5.32 Å². The quantitative estimate of drug-likeness (QED) is 0.817. The molecule has 1 aromatic rings. The zero-order chi connectivity index (χ0) is 13.0. The van der Waals surface area contributed by atoms with Crippen molar-refractivity contribution >= 4 is 11.5 Å². The maximum Gasteiger partial charge on any atom is 0.244 e. The molecule has 2 nitrogen and oxygen atoms in total. The lowest BCUT2D eigenvalue weighted by atomic mass is 9.87. The summed E-state index contributed by atoms with van der Waals surface area (Å²) in [6, 6.07) is 4.84. The number of rotatable bonds is 3. The second-order valence-electron chi connectivity index (χ2n) is 4.62. The monoisotopic (exact) mass is 247 g/mol. The van der Waals surface area contributed by atoms with Gasteiger partial charge in [-0.1, -0.05) is 13.0 Å². The first kappa shape index (κ1) is 12.8. The first-order chi connectivity index (χ1) is 8.70. The molecule has 2 rings (SSSR count). The zero-order valence-electron chi connectivity index (χ0n) is 10.6. The number of carbonyl (C=O) groups excluding carboxylic acids is 1. The number of halogens is 1. The van der Waals surface area contributed by atoms with Crippen LogP contribution < -0.4 is 5.32 Å². The summed E-state index contributed by atoms with van der Waals surface area (Å²) in [6.45, 7) is 2.69. The minimum atomic E-state index is -0.240. The predicted octanol–water partition coefficient (Wildman–Crippen LogP) is 3.07. The lowest BCUT2D eigenvalue weighted by molar-refractivity contribution is -0.116. The molecule has 0 spiro atoms. The topological polar surface area (TPSA) is 29.1 Å².